The molecule has 118 valence electrons. The van der Waals surface area contributed by atoms with Gasteiger partial charge in [-0.05, 0) is 11.5 Å². The molecule has 1 heterocycles. The first-order valence-corrected chi connectivity index (χ1v) is 8.94. The van der Waals surface area contributed by atoms with Crippen molar-refractivity contribution in [3.05, 3.63) is 35.9 Å². The van der Waals surface area contributed by atoms with Gasteiger partial charge in [-0.25, -0.2) is 0 Å². The number of amides is 1. The quantitative estimate of drug-likeness (QED) is 0.725. The van der Waals surface area contributed by atoms with Gasteiger partial charge >= 0.3 is 0 Å². The highest BCUT2D eigenvalue weighted by Crippen LogP contribution is 2.25. The van der Waals surface area contributed by atoms with E-state index in [0.717, 1.165) is 21.6 Å². The van der Waals surface area contributed by atoms with E-state index in [1.165, 1.54) is 23.1 Å². The zero-order valence-corrected chi connectivity index (χ0v) is 14.3. The summed E-state index contributed by atoms with van der Waals surface area (Å²) in [5.41, 5.74) is 1.09. The van der Waals surface area contributed by atoms with Gasteiger partial charge in [-0.15, -0.1) is 10.2 Å². The summed E-state index contributed by atoms with van der Waals surface area (Å²) in [5, 5.41) is 15.1. The van der Waals surface area contributed by atoms with Crippen LogP contribution in [-0.2, 0) is 11.3 Å². The van der Waals surface area contributed by atoms with E-state index in [0.29, 0.717) is 18.2 Å². The van der Waals surface area contributed by atoms with Crippen molar-refractivity contribution in [3.63, 3.8) is 0 Å². The van der Waals surface area contributed by atoms with Gasteiger partial charge in [0.1, 0.15) is 0 Å². The van der Waals surface area contributed by atoms with Crippen molar-refractivity contribution in [2.24, 2.45) is 5.92 Å². The third-order valence-corrected chi connectivity index (χ3v) is 4.74. The molecule has 1 amide bonds. The van der Waals surface area contributed by atoms with Crippen LogP contribution in [0.4, 0.5) is 5.13 Å². The van der Waals surface area contributed by atoms with Crippen LogP contribution in [0.2, 0.25) is 0 Å². The monoisotopic (exact) mass is 336 g/mol. The van der Waals surface area contributed by atoms with Gasteiger partial charge in [-0.1, -0.05) is 67.3 Å². The van der Waals surface area contributed by atoms with Crippen LogP contribution in [0.1, 0.15) is 19.4 Å². The molecule has 2 aromatic rings. The van der Waals surface area contributed by atoms with Crippen molar-refractivity contribution in [2.45, 2.75) is 24.7 Å². The van der Waals surface area contributed by atoms with E-state index in [1.54, 1.807) is 0 Å². The maximum Gasteiger partial charge on any atom is 0.230 e. The lowest BCUT2D eigenvalue weighted by Gasteiger charge is -2.04. The summed E-state index contributed by atoms with van der Waals surface area (Å²) < 4.78 is 0.807. The number of hydrogen-bond acceptors (Lipinski definition) is 6. The summed E-state index contributed by atoms with van der Waals surface area (Å²) >= 11 is 2.89. The molecule has 0 saturated carbocycles. The molecule has 0 bridgehead atoms. The predicted octanol–water partition coefficient (Wildman–Crippen LogP) is 3.01. The first-order chi connectivity index (χ1) is 10.6. The molecule has 0 aliphatic carbocycles. The van der Waals surface area contributed by atoms with Gasteiger partial charge in [0, 0.05) is 13.1 Å². The molecular formula is C15H20N4OS2. The minimum absolute atomic E-state index is 0.000688. The maximum absolute atomic E-state index is 11.8. The van der Waals surface area contributed by atoms with Crippen LogP contribution in [0.25, 0.3) is 0 Å². The molecule has 5 nitrogen and oxygen atoms in total. The molecule has 2 N–H and O–H groups in total. The molecule has 7 heteroatoms. The number of aromatic nitrogens is 2. The highest BCUT2D eigenvalue weighted by Gasteiger charge is 2.08. The number of hydrogen-bond donors (Lipinski definition) is 2. The van der Waals surface area contributed by atoms with Crippen LogP contribution in [0, 0.1) is 5.92 Å². The Hall–Kier alpha value is -1.60. The van der Waals surface area contributed by atoms with Gasteiger partial charge in [0.2, 0.25) is 11.0 Å². The summed E-state index contributed by atoms with van der Waals surface area (Å²) in [6, 6.07) is 9.86. The molecule has 22 heavy (non-hydrogen) atoms. The second-order valence-electron chi connectivity index (χ2n) is 5.20. The molecule has 1 aromatic carbocycles. The number of anilines is 1. The lowest BCUT2D eigenvalue weighted by atomic mass is 10.2. The summed E-state index contributed by atoms with van der Waals surface area (Å²) in [4.78, 5) is 11.8. The van der Waals surface area contributed by atoms with Gasteiger partial charge in [0.15, 0.2) is 4.34 Å². The van der Waals surface area contributed by atoms with Crippen LogP contribution in [-0.4, -0.2) is 28.4 Å². The second-order valence-corrected chi connectivity index (χ2v) is 7.40. The Morgan fingerprint density at radius 3 is 2.77 bits per heavy atom. The Balaban J connectivity index is 1.70. The van der Waals surface area contributed by atoms with Crippen LogP contribution in [0.3, 0.4) is 0 Å². The Labute approximate surface area is 138 Å². The molecule has 0 radical (unpaired) electrons. The summed E-state index contributed by atoms with van der Waals surface area (Å²) in [7, 11) is 0. The third kappa shape index (κ3) is 6.03. The summed E-state index contributed by atoms with van der Waals surface area (Å²) in [6.07, 6.45) is 0. The third-order valence-electron chi connectivity index (χ3n) is 2.73. The lowest BCUT2D eigenvalue weighted by molar-refractivity contribution is -0.118. The van der Waals surface area contributed by atoms with Gasteiger partial charge < -0.3 is 10.6 Å². The number of rotatable bonds is 8. The number of benzene rings is 1. The van der Waals surface area contributed by atoms with Gasteiger partial charge in [-0.2, -0.15) is 0 Å². The molecule has 1 aromatic heterocycles. The van der Waals surface area contributed by atoms with Crippen LogP contribution >= 0.6 is 23.1 Å². The zero-order chi connectivity index (χ0) is 15.8. The normalized spacial score (nSPS) is 10.7. The van der Waals surface area contributed by atoms with Gasteiger partial charge in [0.25, 0.3) is 0 Å². The fraction of sp³-hybridized carbons (Fsp3) is 0.400. The van der Waals surface area contributed by atoms with Crippen LogP contribution in [0.5, 0.6) is 0 Å². The van der Waals surface area contributed by atoms with Crippen LogP contribution in [0.15, 0.2) is 34.7 Å². The van der Waals surface area contributed by atoms with Gasteiger partial charge in [-0.3, -0.25) is 4.79 Å². The summed E-state index contributed by atoms with van der Waals surface area (Å²) in [6.45, 7) is 5.70. The molecule has 0 atom stereocenters. The highest BCUT2D eigenvalue weighted by atomic mass is 32.2. The average Bonchev–Trinajstić information content (AvgIpc) is 2.98. The second kappa shape index (κ2) is 8.75. The van der Waals surface area contributed by atoms with Crippen molar-refractivity contribution in [2.75, 3.05) is 17.6 Å². The van der Waals surface area contributed by atoms with E-state index >= 15 is 0 Å². The lowest BCUT2D eigenvalue weighted by Crippen LogP contribution is -2.24. The van der Waals surface area contributed by atoms with Crippen molar-refractivity contribution < 1.29 is 4.79 Å². The fourth-order valence-electron chi connectivity index (χ4n) is 1.61. The predicted molar refractivity (Wildman–Crippen MR) is 92.2 cm³/mol. The van der Waals surface area contributed by atoms with Gasteiger partial charge in [0.05, 0.1) is 5.75 Å². The smallest absolute Gasteiger partial charge is 0.230 e. The van der Waals surface area contributed by atoms with Crippen molar-refractivity contribution >= 4 is 34.1 Å². The fourth-order valence-corrected chi connectivity index (χ4v) is 3.19. The van der Waals surface area contributed by atoms with Crippen molar-refractivity contribution in [1.82, 2.24) is 15.5 Å². The highest BCUT2D eigenvalue weighted by molar-refractivity contribution is 8.01. The van der Waals surface area contributed by atoms with E-state index < -0.39 is 0 Å². The van der Waals surface area contributed by atoms with E-state index in [-0.39, 0.29) is 5.91 Å². The Morgan fingerprint density at radius 2 is 2.05 bits per heavy atom. The topological polar surface area (TPSA) is 66.9 Å². The van der Waals surface area contributed by atoms with Crippen LogP contribution < -0.4 is 10.6 Å². The first kappa shape index (κ1) is 16.8. The molecule has 2 rings (SSSR count). The maximum atomic E-state index is 11.8. The molecule has 0 unspecified atom stereocenters. The molecule has 0 fully saturated rings. The summed E-state index contributed by atoms with van der Waals surface area (Å²) in [5.74, 6) is 0.913. The molecule has 0 aliphatic heterocycles. The number of nitrogens with one attached hydrogen (secondary N) is 2. The van der Waals surface area contributed by atoms with Crippen molar-refractivity contribution in [1.29, 1.82) is 0 Å². The van der Waals surface area contributed by atoms with E-state index in [9.17, 15) is 4.79 Å². The van der Waals surface area contributed by atoms with Crippen molar-refractivity contribution in [3.8, 4) is 0 Å². The Bertz CT molecular complexity index is 586. The van der Waals surface area contributed by atoms with E-state index in [4.69, 9.17) is 0 Å². The Kier molecular flexibility index (Phi) is 6.67. The molecule has 0 saturated heterocycles. The minimum Gasteiger partial charge on any atom is -0.360 e. The number of carbonyl (C=O) groups excluding carboxylic acids is 1. The van der Waals surface area contributed by atoms with E-state index in [1.807, 2.05) is 30.3 Å². The molecule has 0 aliphatic rings. The average molecular weight is 336 g/mol. The number of nitrogens with zero attached hydrogens (tertiary/aromatic N) is 2. The Morgan fingerprint density at radius 1 is 1.27 bits per heavy atom. The minimum atomic E-state index is 0.000688. The number of carbonyl (C=O) groups is 1. The zero-order valence-electron chi connectivity index (χ0n) is 12.7. The molecular weight excluding hydrogens is 316 g/mol. The SMILES string of the molecule is CC(C)CNc1nnc(SCC(=O)NCc2ccccc2)s1. The number of thioether (sulfide) groups is 1. The largest absolute Gasteiger partial charge is 0.360 e. The molecule has 0 spiro atoms. The first-order valence-electron chi connectivity index (χ1n) is 7.14. The standard InChI is InChI=1S/C15H20N4OS2/c1-11(2)8-17-14-18-19-15(22-14)21-10-13(20)16-9-12-6-4-3-5-7-12/h3-7,11H,8-10H2,1-2H3,(H,16,20)(H,17,18). The van der Waals surface area contributed by atoms with E-state index in [2.05, 4.69) is 34.7 Å².